The van der Waals surface area contributed by atoms with Gasteiger partial charge in [-0.3, -0.25) is 0 Å². The van der Waals surface area contributed by atoms with Gasteiger partial charge in [-0.25, -0.2) is 0 Å². The summed E-state index contributed by atoms with van der Waals surface area (Å²) in [6, 6.07) is -0.0217. The third-order valence-corrected chi connectivity index (χ3v) is 2.20. The predicted molar refractivity (Wildman–Crippen MR) is 56.4 cm³/mol. The van der Waals surface area contributed by atoms with Gasteiger partial charge in [-0.2, -0.15) is 0 Å². The van der Waals surface area contributed by atoms with Crippen LogP contribution in [0.1, 0.15) is 40.0 Å². The standard InChI is InChI=1S/C10H22N2O/c1-5-6-8(11)7-9(12-4)10(2,3)13/h9,11-13H,5-7H2,1-4H3. The third kappa shape index (κ3) is 5.01. The summed E-state index contributed by atoms with van der Waals surface area (Å²) in [5, 5.41) is 20.4. The quantitative estimate of drug-likeness (QED) is 0.551. The van der Waals surface area contributed by atoms with Crippen molar-refractivity contribution >= 4 is 5.71 Å². The van der Waals surface area contributed by atoms with E-state index in [4.69, 9.17) is 5.41 Å². The monoisotopic (exact) mass is 186 g/mol. The van der Waals surface area contributed by atoms with Crippen LogP contribution >= 0.6 is 0 Å². The maximum absolute atomic E-state index is 9.74. The normalized spacial score (nSPS) is 14.2. The summed E-state index contributed by atoms with van der Waals surface area (Å²) in [7, 11) is 1.82. The third-order valence-electron chi connectivity index (χ3n) is 2.20. The molecule has 0 saturated heterocycles. The largest absolute Gasteiger partial charge is 0.389 e. The Morgan fingerprint density at radius 3 is 2.38 bits per heavy atom. The van der Waals surface area contributed by atoms with Crippen LogP contribution < -0.4 is 5.32 Å². The highest BCUT2D eigenvalue weighted by Gasteiger charge is 2.25. The molecule has 0 aliphatic carbocycles. The van der Waals surface area contributed by atoms with Gasteiger partial charge in [0, 0.05) is 18.2 Å². The molecule has 0 aromatic carbocycles. The maximum atomic E-state index is 9.74. The van der Waals surface area contributed by atoms with Crippen LogP contribution in [0.4, 0.5) is 0 Å². The van der Waals surface area contributed by atoms with Gasteiger partial charge in [0.15, 0.2) is 0 Å². The topological polar surface area (TPSA) is 56.1 Å². The summed E-state index contributed by atoms with van der Waals surface area (Å²) in [6.45, 7) is 5.60. The number of rotatable bonds is 6. The highest BCUT2D eigenvalue weighted by atomic mass is 16.3. The van der Waals surface area contributed by atoms with Gasteiger partial charge in [0.25, 0.3) is 0 Å². The molecule has 3 N–H and O–H groups in total. The van der Waals surface area contributed by atoms with Gasteiger partial charge in [-0.1, -0.05) is 13.3 Å². The highest BCUT2D eigenvalue weighted by molar-refractivity contribution is 5.81. The van der Waals surface area contributed by atoms with Crippen LogP contribution in [-0.2, 0) is 0 Å². The van der Waals surface area contributed by atoms with E-state index in [1.54, 1.807) is 13.8 Å². The lowest BCUT2D eigenvalue weighted by Gasteiger charge is -2.29. The van der Waals surface area contributed by atoms with E-state index >= 15 is 0 Å². The van der Waals surface area contributed by atoms with E-state index in [1.807, 2.05) is 7.05 Å². The number of aliphatic hydroxyl groups is 1. The van der Waals surface area contributed by atoms with Crippen molar-refractivity contribution in [2.45, 2.75) is 51.7 Å². The summed E-state index contributed by atoms with van der Waals surface area (Å²) in [4.78, 5) is 0. The lowest BCUT2D eigenvalue weighted by atomic mass is 9.93. The molecule has 3 heteroatoms. The van der Waals surface area contributed by atoms with E-state index < -0.39 is 5.60 Å². The molecule has 0 bridgehead atoms. The Labute approximate surface area is 81.1 Å². The average Bonchev–Trinajstić information content (AvgIpc) is 1.98. The Hall–Kier alpha value is -0.410. The molecule has 0 rings (SSSR count). The molecule has 1 atom stereocenters. The van der Waals surface area contributed by atoms with Crippen molar-refractivity contribution in [1.82, 2.24) is 5.32 Å². The van der Waals surface area contributed by atoms with E-state index in [0.717, 1.165) is 12.8 Å². The summed E-state index contributed by atoms with van der Waals surface area (Å²) < 4.78 is 0. The van der Waals surface area contributed by atoms with Gasteiger partial charge in [0.2, 0.25) is 0 Å². The first kappa shape index (κ1) is 12.6. The van der Waals surface area contributed by atoms with Crippen LogP contribution in [0.5, 0.6) is 0 Å². The number of likely N-dealkylation sites (N-methyl/N-ethyl adjacent to an activating group) is 1. The minimum Gasteiger partial charge on any atom is -0.389 e. The van der Waals surface area contributed by atoms with Gasteiger partial charge >= 0.3 is 0 Å². The second-order valence-corrected chi connectivity index (χ2v) is 4.05. The molecule has 78 valence electrons. The fraction of sp³-hybridized carbons (Fsp3) is 0.900. The fourth-order valence-corrected chi connectivity index (χ4v) is 1.36. The minimum absolute atomic E-state index is 0.0217. The Morgan fingerprint density at radius 1 is 1.54 bits per heavy atom. The van der Waals surface area contributed by atoms with Crippen molar-refractivity contribution in [3.8, 4) is 0 Å². The molecule has 0 fully saturated rings. The van der Waals surface area contributed by atoms with Gasteiger partial charge in [-0.05, 0) is 27.3 Å². The second-order valence-electron chi connectivity index (χ2n) is 4.05. The van der Waals surface area contributed by atoms with Crippen LogP contribution in [0.3, 0.4) is 0 Å². The molecule has 3 nitrogen and oxygen atoms in total. The molecule has 1 unspecified atom stereocenters. The SMILES string of the molecule is CCCC(=N)CC(NC)C(C)(C)O. The van der Waals surface area contributed by atoms with Gasteiger partial charge in [-0.15, -0.1) is 0 Å². The van der Waals surface area contributed by atoms with Crippen molar-refractivity contribution in [2.75, 3.05) is 7.05 Å². The highest BCUT2D eigenvalue weighted by Crippen LogP contribution is 2.13. The molecule has 0 aromatic rings. The zero-order chi connectivity index (χ0) is 10.5. The summed E-state index contributed by atoms with van der Waals surface area (Å²) in [5.74, 6) is 0. The van der Waals surface area contributed by atoms with E-state index in [1.165, 1.54) is 0 Å². The van der Waals surface area contributed by atoms with Crippen molar-refractivity contribution in [3.05, 3.63) is 0 Å². The number of nitrogens with one attached hydrogen (secondary N) is 2. The molecule has 13 heavy (non-hydrogen) atoms. The van der Waals surface area contributed by atoms with Gasteiger partial charge < -0.3 is 15.8 Å². The fourth-order valence-electron chi connectivity index (χ4n) is 1.36. The molecule has 0 aromatic heterocycles. The minimum atomic E-state index is -0.755. The average molecular weight is 186 g/mol. The van der Waals surface area contributed by atoms with Crippen molar-refractivity contribution in [3.63, 3.8) is 0 Å². The van der Waals surface area contributed by atoms with E-state index in [0.29, 0.717) is 12.1 Å². The first-order valence-corrected chi connectivity index (χ1v) is 4.87. The van der Waals surface area contributed by atoms with E-state index in [2.05, 4.69) is 12.2 Å². The predicted octanol–water partition coefficient (Wildman–Crippen LogP) is 1.56. The number of hydrogen-bond donors (Lipinski definition) is 3. The lowest BCUT2D eigenvalue weighted by Crippen LogP contribution is -2.46. The zero-order valence-electron chi connectivity index (χ0n) is 9.15. The number of hydrogen-bond acceptors (Lipinski definition) is 3. The summed E-state index contributed by atoms with van der Waals surface area (Å²) in [6.07, 6.45) is 2.46. The molecule has 0 aliphatic rings. The molecule has 0 radical (unpaired) electrons. The van der Waals surface area contributed by atoms with Crippen LogP contribution in [0.25, 0.3) is 0 Å². The Kier molecular flexibility index (Phi) is 5.18. The summed E-state index contributed by atoms with van der Waals surface area (Å²) in [5.41, 5.74) is -0.0432. The molecular weight excluding hydrogens is 164 g/mol. The van der Waals surface area contributed by atoms with Gasteiger partial charge in [0.1, 0.15) is 0 Å². The van der Waals surface area contributed by atoms with Crippen molar-refractivity contribution in [2.24, 2.45) is 0 Å². The molecule has 0 saturated carbocycles. The smallest absolute Gasteiger partial charge is 0.0747 e. The zero-order valence-corrected chi connectivity index (χ0v) is 9.15. The van der Waals surface area contributed by atoms with Crippen LogP contribution in [0, 0.1) is 5.41 Å². The van der Waals surface area contributed by atoms with E-state index in [9.17, 15) is 5.11 Å². The molecule has 0 aliphatic heterocycles. The van der Waals surface area contributed by atoms with Gasteiger partial charge in [0.05, 0.1) is 5.60 Å². The Bertz CT molecular complexity index is 161. The molecule has 0 amide bonds. The maximum Gasteiger partial charge on any atom is 0.0747 e. The van der Waals surface area contributed by atoms with Crippen molar-refractivity contribution < 1.29 is 5.11 Å². The second kappa shape index (κ2) is 5.35. The lowest BCUT2D eigenvalue weighted by molar-refractivity contribution is 0.0429. The Morgan fingerprint density at radius 2 is 2.08 bits per heavy atom. The first-order valence-electron chi connectivity index (χ1n) is 4.87. The van der Waals surface area contributed by atoms with Crippen LogP contribution in [0.15, 0.2) is 0 Å². The first-order chi connectivity index (χ1) is 5.91. The molecule has 0 heterocycles. The van der Waals surface area contributed by atoms with Crippen LogP contribution in [-0.4, -0.2) is 29.5 Å². The van der Waals surface area contributed by atoms with Crippen LogP contribution in [0.2, 0.25) is 0 Å². The van der Waals surface area contributed by atoms with E-state index in [-0.39, 0.29) is 6.04 Å². The molecular formula is C10H22N2O. The Balaban J connectivity index is 4.06. The summed E-state index contributed by atoms with van der Waals surface area (Å²) >= 11 is 0. The molecule has 0 spiro atoms. The van der Waals surface area contributed by atoms with Crippen molar-refractivity contribution in [1.29, 1.82) is 5.41 Å².